The monoisotopic (exact) mass is 419 g/mol. The van der Waals surface area contributed by atoms with Crippen molar-refractivity contribution in [3.8, 4) is 0 Å². The van der Waals surface area contributed by atoms with Crippen LogP contribution in [0.3, 0.4) is 0 Å². The van der Waals surface area contributed by atoms with Crippen LogP contribution in [0.4, 0.5) is 5.95 Å². The predicted molar refractivity (Wildman–Crippen MR) is 107 cm³/mol. The second-order valence-corrected chi connectivity index (χ2v) is 7.72. The van der Waals surface area contributed by atoms with Gasteiger partial charge in [-0.3, -0.25) is 13.9 Å². The van der Waals surface area contributed by atoms with Crippen LogP contribution in [-0.4, -0.2) is 25.2 Å². The van der Waals surface area contributed by atoms with Crippen LogP contribution < -0.4 is 16.6 Å². The SMILES string of the molecule is CC(C)CNc1nc2c(c(=O)n(Cc3ccc(Br)cc3)c(=O)n2C)n1C. The molecule has 0 unspecified atom stereocenters. The van der Waals surface area contributed by atoms with E-state index in [1.807, 2.05) is 24.3 Å². The molecule has 3 rings (SSSR count). The summed E-state index contributed by atoms with van der Waals surface area (Å²) < 4.78 is 5.34. The zero-order valence-corrected chi connectivity index (χ0v) is 16.9. The van der Waals surface area contributed by atoms with Gasteiger partial charge in [0.1, 0.15) is 0 Å². The van der Waals surface area contributed by atoms with Crippen LogP contribution in [0, 0.1) is 5.92 Å². The molecule has 0 radical (unpaired) electrons. The minimum atomic E-state index is -0.376. The number of hydrogen-bond acceptors (Lipinski definition) is 4. The lowest BCUT2D eigenvalue weighted by atomic mass is 10.2. The summed E-state index contributed by atoms with van der Waals surface area (Å²) in [7, 11) is 3.43. The van der Waals surface area contributed by atoms with E-state index in [1.165, 1.54) is 9.13 Å². The molecule has 2 aromatic heterocycles. The van der Waals surface area contributed by atoms with Gasteiger partial charge in [-0.2, -0.15) is 4.98 Å². The van der Waals surface area contributed by atoms with Crippen LogP contribution in [0.2, 0.25) is 0 Å². The highest BCUT2D eigenvalue weighted by molar-refractivity contribution is 9.10. The summed E-state index contributed by atoms with van der Waals surface area (Å²) in [6, 6.07) is 7.56. The van der Waals surface area contributed by atoms with Gasteiger partial charge in [-0.15, -0.1) is 0 Å². The quantitative estimate of drug-likeness (QED) is 0.688. The van der Waals surface area contributed by atoms with Gasteiger partial charge in [0.2, 0.25) is 5.95 Å². The van der Waals surface area contributed by atoms with E-state index in [-0.39, 0.29) is 17.8 Å². The van der Waals surface area contributed by atoms with Crippen molar-refractivity contribution in [2.45, 2.75) is 20.4 Å². The summed E-state index contributed by atoms with van der Waals surface area (Å²) in [5, 5.41) is 3.23. The van der Waals surface area contributed by atoms with Gasteiger partial charge in [0.05, 0.1) is 6.54 Å². The lowest BCUT2D eigenvalue weighted by molar-refractivity contribution is 0.655. The van der Waals surface area contributed by atoms with E-state index in [0.29, 0.717) is 23.0 Å². The molecular weight excluding hydrogens is 398 g/mol. The Morgan fingerprint density at radius 3 is 2.38 bits per heavy atom. The molecule has 0 spiro atoms. The van der Waals surface area contributed by atoms with Gasteiger partial charge in [-0.05, 0) is 23.6 Å². The molecule has 7 nitrogen and oxygen atoms in total. The molecule has 1 N–H and O–H groups in total. The Morgan fingerprint density at radius 2 is 1.77 bits per heavy atom. The number of nitrogens with one attached hydrogen (secondary N) is 1. The fourth-order valence-electron chi connectivity index (χ4n) is 2.81. The van der Waals surface area contributed by atoms with E-state index >= 15 is 0 Å². The number of fused-ring (bicyclic) bond motifs is 1. The van der Waals surface area contributed by atoms with Crippen LogP contribution in [0.25, 0.3) is 11.2 Å². The molecule has 0 aliphatic rings. The molecule has 0 amide bonds. The highest BCUT2D eigenvalue weighted by Crippen LogP contribution is 2.15. The number of aryl methyl sites for hydroxylation is 2. The lowest BCUT2D eigenvalue weighted by Gasteiger charge is -2.09. The second-order valence-electron chi connectivity index (χ2n) is 6.80. The minimum Gasteiger partial charge on any atom is -0.355 e. The number of nitrogens with zero attached hydrogens (tertiary/aromatic N) is 4. The Balaban J connectivity index is 2.13. The Bertz CT molecular complexity index is 1060. The smallest absolute Gasteiger partial charge is 0.332 e. The normalized spacial score (nSPS) is 11.5. The zero-order valence-electron chi connectivity index (χ0n) is 15.3. The first-order chi connectivity index (χ1) is 12.3. The molecule has 0 aliphatic carbocycles. The van der Waals surface area contributed by atoms with Gasteiger partial charge in [-0.1, -0.05) is 41.9 Å². The van der Waals surface area contributed by atoms with Gasteiger partial charge in [0, 0.05) is 25.1 Å². The summed E-state index contributed by atoms with van der Waals surface area (Å²) in [5.41, 5.74) is 0.973. The third kappa shape index (κ3) is 3.33. The number of hydrogen-bond donors (Lipinski definition) is 1. The first-order valence-corrected chi connectivity index (χ1v) is 9.23. The standard InChI is InChI=1S/C18H22BrN5O2/c1-11(2)9-20-17-21-15-14(22(17)3)16(25)24(18(26)23(15)4)10-12-5-7-13(19)8-6-12/h5-8,11H,9-10H2,1-4H3,(H,20,21). The van der Waals surface area contributed by atoms with Gasteiger partial charge in [0.25, 0.3) is 5.56 Å². The van der Waals surface area contributed by atoms with Crippen molar-refractivity contribution in [2.75, 3.05) is 11.9 Å². The van der Waals surface area contributed by atoms with Crippen molar-refractivity contribution in [1.82, 2.24) is 18.7 Å². The number of benzene rings is 1. The van der Waals surface area contributed by atoms with E-state index in [1.54, 1.807) is 18.7 Å². The van der Waals surface area contributed by atoms with Crippen molar-refractivity contribution >= 4 is 33.0 Å². The summed E-state index contributed by atoms with van der Waals surface area (Å²) >= 11 is 3.39. The Hall–Kier alpha value is -2.35. The largest absolute Gasteiger partial charge is 0.355 e. The first-order valence-electron chi connectivity index (χ1n) is 8.44. The maximum Gasteiger partial charge on any atom is 0.332 e. The van der Waals surface area contributed by atoms with Crippen molar-refractivity contribution in [3.63, 3.8) is 0 Å². The number of imidazole rings is 1. The molecule has 0 saturated carbocycles. The Labute approximate surface area is 159 Å². The Kier molecular flexibility index (Phi) is 5.04. The molecule has 0 bridgehead atoms. The molecule has 138 valence electrons. The summed E-state index contributed by atoms with van der Waals surface area (Å²) in [6.07, 6.45) is 0. The summed E-state index contributed by atoms with van der Waals surface area (Å²) in [5.74, 6) is 1.02. The van der Waals surface area contributed by atoms with E-state index in [4.69, 9.17) is 0 Å². The summed E-state index contributed by atoms with van der Waals surface area (Å²) in [6.45, 7) is 5.14. The second kappa shape index (κ2) is 7.11. The Morgan fingerprint density at radius 1 is 1.12 bits per heavy atom. The minimum absolute atomic E-state index is 0.217. The van der Waals surface area contributed by atoms with Gasteiger partial charge >= 0.3 is 5.69 Å². The van der Waals surface area contributed by atoms with Gasteiger partial charge in [0.15, 0.2) is 11.2 Å². The highest BCUT2D eigenvalue weighted by Gasteiger charge is 2.18. The van der Waals surface area contributed by atoms with Crippen molar-refractivity contribution in [3.05, 3.63) is 55.1 Å². The highest BCUT2D eigenvalue weighted by atomic mass is 79.9. The molecule has 0 atom stereocenters. The average molecular weight is 420 g/mol. The van der Waals surface area contributed by atoms with Gasteiger partial charge in [-0.25, -0.2) is 4.79 Å². The van der Waals surface area contributed by atoms with Gasteiger partial charge < -0.3 is 9.88 Å². The van der Waals surface area contributed by atoms with E-state index < -0.39 is 0 Å². The molecule has 2 heterocycles. The molecule has 0 fully saturated rings. The lowest BCUT2D eigenvalue weighted by Crippen LogP contribution is -2.39. The van der Waals surface area contributed by atoms with Crippen LogP contribution in [0.1, 0.15) is 19.4 Å². The summed E-state index contributed by atoms with van der Waals surface area (Å²) in [4.78, 5) is 30.2. The van der Waals surface area contributed by atoms with Crippen molar-refractivity contribution in [2.24, 2.45) is 20.0 Å². The first kappa shape index (κ1) is 18.4. The zero-order chi connectivity index (χ0) is 19.0. The van der Waals surface area contributed by atoms with Crippen LogP contribution >= 0.6 is 15.9 Å². The fraction of sp³-hybridized carbons (Fsp3) is 0.389. The maximum atomic E-state index is 13.0. The molecule has 1 aromatic carbocycles. The molecule has 26 heavy (non-hydrogen) atoms. The van der Waals surface area contributed by atoms with Crippen molar-refractivity contribution < 1.29 is 0 Å². The van der Waals surface area contributed by atoms with E-state index in [9.17, 15) is 9.59 Å². The number of rotatable bonds is 5. The topological polar surface area (TPSA) is 73.8 Å². The number of anilines is 1. The molecule has 0 saturated heterocycles. The van der Waals surface area contributed by atoms with Crippen LogP contribution in [-0.2, 0) is 20.6 Å². The van der Waals surface area contributed by atoms with E-state index in [0.717, 1.165) is 16.6 Å². The predicted octanol–water partition coefficient (Wildman–Crippen LogP) is 2.31. The fourth-order valence-corrected chi connectivity index (χ4v) is 3.07. The maximum absolute atomic E-state index is 13.0. The average Bonchev–Trinajstić information content (AvgIpc) is 2.93. The molecule has 3 aromatic rings. The van der Waals surface area contributed by atoms with Crippen molar-refractivity contribution in [1.29, 1.82) is 0 Å². The number of halogens is 1. The van der Waals surface area contributed by atoms with E-state index in [2.05, 4.69) is 40.1 Å². The number of aromatic nitrogens is 4. The molecule has 8 heteroatoms. The molecular formula is C18H22BrN5O2. The van der Waals surface area contributed by atoms with Crippen LogP contribution in [0.5, 0.6) is 0 Å². The third-order valence-electron chi connectivity index (χ3n) is 4.28. The third-order valence-corrected chi connectivity index (χ3v) is 4.81. The van der Waals surface area contributed by atoms with Crippen LogP contribution in [0.15, 0.2) is 38.3 Å². The molecule has 0 aliphatic heterocycles.